The second-order valence-electron chi connectivity index (χ2n) is 3.41. The van der Waals surface area contributed by atoms with Gasteiger partial charge in [0.1, 0.15) is 6.33 Å². The lowest BCUT2D eigenvalue weighted by Crippen LogP contribution is -2.12. The Morgan fingerprint density at radius 1 is 1.44 bits per heavy atom. The lowest BCUT2D eigenvalue weighted by Gasteiger charge is -2.08. The number of rotatable bonds is 4. The predicted octanol–water partition coefficient (Wildman–Crippen LogP) is 1.88. The molecule has 1 N–H and O–H groups in total. The molecule has 18 heavy (non-hydrogen) atoms. The average molecular weight is 286 g/mol. The Bertz CT molecular complexity index is 543. The van der Waals surface area contributed by atoms with Gasteiger partial charge in [-0.05, 0) is 28.6 Å². The molecule has 8 heteroatoms. The molecule has 1 aromatic heterocycles. The van der Waals surface area contributed by atoms with E-state index in [2.05, 4.69) is 20.8 Å². The van der Waals surface area contributed by atoms with Gasteiger partial charge < -0.3 is 5.32 Å². The number of tetrazole rings is 1. The Kier molecular flexibility index (Phi) is 4.11. The van der Waals surface area contributed by atoms with Crippen LogP contribution in [0.3, 0.4) is 0 Å². The lowest BCUT2D eigenvalue weighted by atomic mass is 10.2. The van der Waals surface area contributed by atoms with Crippen LogP contribution in [0.1, 0.15) is 6.42 Å². The first-order chi connectivity index (χ1) is 8.70. The van der Waals surface area contributed by atoms with Crippen LogP contribution in [0.15, 0.2) is 24.5 Å². The third-order valence-electron chi connectivity index (χ3n) is 2.16. The number of nitrogens with zero attached hydrogens (tertiary/aromatic N) is 4. The summed E-state index contributed by atoms with van der Waals surface area (Å²) in [5, 5.41) is 13.9. The molecule has 0 saturated carbocycles. The maximum atomic E-state index is 11.5. The summed E-state index contributed by atoms with van der Waals surface area (Å²) in [6.45, 7) is 0. The molecule has 0 aliphatic rings. The van der Waals surface area contributed by atoms with Gasteiger partial charge in [-0.3, -0.25) is 4.79 Å². The summed E-state index contributed by atoms with van der Waals surface area (Å²) in [6.07, 6.45) is 1.68. The first-order valence-corrected chi connectivity index (χ1v) is 6.00. The van der Waals surface area contributed by atoms with Crippen LogP contribution in [0.4, 0.5) is 5.69 Å². The minimum atomic E-state index is -0.194. The quantitative estimate of drug-likeness (QED) is 0.871. The summed E-state index contributed by atoms with van der Waals surface area (Å²) in [5.41, 5.74) is 1.20. The summed E-state index contributed by atoms with van der Waals surface area (Å²) >= 11 is 11.5. The van der Waals surface area contributed by atoms with Crippen molar-refractivity contribution in [3.8, 4) is 5.69 Å². The van der Waals surface area contributed by atoms with Crippen molar-refractivity contribution in [2.24, 2.45) is 0 Å². The molecule has 0 aliphatic heterocycles. The Morgan fingerprint density at radius 3 is 2.94 bits per heavy atom. The molecular formula is C10H9Cl2N5O. The molecule has 0 radical (unpaired) electrons. The first-order valence-electron chi connectivity index (χ1n) is 5.09. The van der Waals surface area contributed by atoms with Crippen molar-refractivity contribution in [2.45, 2.75) is 6.42 Å². The summed E-state index contributed by atoms with van der Waals surface area (Å²) in [7, 11) is 0. The normalized spacial score (nSPS) is 10.3. The van der Waals surface area contributed by atoms with E-state index in [1.54, 1.807) is 18.2 Å². The Morgan fingerprint density at radius 2 is 2.28 bits per heavy atom. The second kappa shape index (κ2) is 5.79. The molecule has 1 heterocycles. The SMILES string of the molecule is O=C(CCCl)Nc1cc(-n2cnnn2)ccc1Cl. The van der Waals surface area contributed by atoms with Crippen molar-refractivity contribution in [2.75, 3.05) is 11.2 Å². The number of aromatic nitrogens is 4. The van der Waals surface area contributed by atoms with Crippen molar-refractivity contribution in [3.05, 3.63) is 29.5 Å². The van der Waals surface area contributed by atoms with Gasteiger partial charge in [0.15, 0.2) is 0 Å². The van der Waals surface area contributed by atoms with Crippen LogP contribution >= 0.6 is 23.2 Å². The van der Waals surface area contributed by atoms with Crippen molar-refractivity contribution >= 4 is 34.8 Å². The van der Waals surface area contributed by atoms with Gasteiger partial charge in [0.2, 0.25) is 5.91 Å². The summed E-state index contributed by atoms with van der Waals surface area (Å²) in [4.78, 5) is 11.5. The van der Waals surface area contributed by atoms with Crippen LogP contribution in [-0.2, 0) is 4.79 Å². The zero-order chi connectivity index (χ0) is 13.0. The van der Waals surface area contributed by atoms with E-state index >= 15 is 0 Å². The van der Waals surface area contributed by atoms with Gasteiger partial charge in [-0.15, -0.1) is 16.7 Å². The summed E-state index contributed by atoms with van der Waals surface area (Å²) < 4.78 is 1.47. The topological polar surface area (TPSA) is 72.7 Å². The molecule has 0 atom stereocenters. The van der Waals surface area contributed by atoms with E-state index in [0.717, 1.165) is 0 Å². The van der Waals surface area contributed by atoms with Crippen LogP contribution < -0.4 is 5.32 Å². The van der Waals surface area contributed by atoms with E-state index in [4.69, 9.17) is 23.2 Å². The van der Waals surface area contributed by atoms with Gasteiger partial charge in [-0.2, -0.15) is 0 Å². The zero-order valence-corrected chi connectivity index (χ0v) is 10.7. The highest BCUT2D eigenvalue weighted by Crippen LogP contribution is 2.24. The van der Waals surface area contributed by atoms with Crippen LogP contribution in [0.25, 0.3) is 5.69 Å². The van der Waals surface area contributed by atoms with E-state index in [0.29, 0.717) is 16.4 Å². The molecule has 0 spiro atoms. The minimum absolute atomic E-state index is 0.194. The zero-order valence-electron chi connectivity index (χ0n) is 9.18. The standard InChI is InChI=1S/C10H9Cl2N5O/c11-4-3-10(18)14-9-5-7(1-2-8(9)12)17-6-13-15-16-17/h1-2,5-6H,3-4H2,(H,14,18). The predicted molar refractivity (Wildman–Crippen MR) is 68.1 cm³/mol. The number of anilines is 1. The van der Waals surface area contributed by atoms with E-state index in [1.807, 2.05) is 0 Å². The van der Waals surface area contributed by atoms with Crippen LogP contribution in [0.5, 0.6) is 0 Å². The van der Waals surface area contributed by atoms with Gasteiger partial charge in [-0.1, -0.05) is 11.6 Å². The third-order valence-corrected chi connectivity index (χ3v) is 2.68. The van der Waals surface area contributed by atoms with Crippen LogP contribution in [0.2, 0.25) is 5.02 Å². The van der Waals surface area contributed by atoms with Crippen molar-refractivity contribution in [3.63, 3.8) is 0 Å². The number of hydrogen-bond acceptors (Lipinski definition) is 4. The fraction of sp³-hybridized carbons (Fsp3) is 0.200. The largest absolute Gasteiger partial charge is 0.325 e. The van der Waals surface area contributed by atoms with Crippen molar-refractivity contribution in [1.82, 2.24) is 20.2 Å². The smallest absolute Gasteiger partial charge is 0.225 e. The molecule has 2 rings (SSSR count). The molecule has 1 amide bonds. The van der Waals surface area contributed by atoms with Crippen molar-refractivity contribution < 1.29 is 4.79 Å². The van der Waals surface area contributed by atoms with Crippen molar-refractivity contribution in [1.29, 1.82) is 0 Å². The average Bonchev–Trinajstić information content (AvgIpc) is 2.86. The van der Waals surface area contributed by atoms with Gasteiger partial charge in [-0.25, -0.2) is 4.68 Å². The number of alkyl halides is 1. The Labute approximate surface area is 113 Å². The minimum Gasteiger partial charge on any atom is -0.325 e. The molecule has 0 bridgehead atoms. The molecule has 2 aromatic rings. The van der Waals surface area contributed by atoms with Crippen LogP contribution in [-0.4, -0.2) is 32.0 Å². The van der Waals surface area contributed by atoms with Gasteiger partial charge >= 0.3 is 0 Å². The first kappa shape index (κ1) is 12.8. The number of benzene rings is 1. The molecule has 94 valence electrons. The summed E-state index contributed by atoms with van der Waals surface area (Å²) in [6, 6.07) is 5.09. The highest BCUT2D eigenvalue weighted by Gasteiger charge is 2.07. The maximum absolute atomic E-state index is 11.5. The number of carbonyl (C=O) groups is 1. The van der Waals surface area contributed by atoms with Gasteiger partial charge in [0.05, 0.1) is 16.4 Å². The second-order valence-corrected chi connectivity index (χ2v) is 4.19. The van der Waals surface area contributed by atoms with Gasteiger partial charge in [0, 0.05) is 12.3 Å². The Hall–Kier alpha value is -1.66. The molecular weight excluding hydrogens is 277 g/mol. The van der Waals surface area contributed by atoms with E-state index in [1.165, 1.54) is 11.0 Å². The number of carbonyl (C=O) groups excluding carboxylic acids is 1. The highest BCUT2D eigenvalue weighted by atomic mass is 35.5. The third kappa shape index (κ3) is 2.96. The molecule has 0 saturated heterocycles. The van der Waals surface area contributed by atoms with E-state index < -0.39 is 0 Å². The van der Waals surface area contributed by atoms with E-state index in [9.17, 15) is 4.79 Å². The number of halogens is 2. The molecule has 1 aromatic carbocycles. The number of hydrogen-bond donors (Lipinski definition) is 1. The molecule has 6 nitrogen and oxygen atoms in total. The Balaban J connectivity index is 2.24. The highest BCUT2D eigenvalue weighted by molar-refractivity contribution is 6.33. The molecule has 0 aliphatic carbocycles. The summed E-state index contributed by atoms with van der Waals surface area (Å²) in [5.74, 6) is 0.0663. The lowest BCUT2D eigenvalue weighted by molar-refractivity contribution is -0.115. The fourth-order valence-electron chi connectivity index (χ4n) is 1.33. The number of amides is 1. The fourth-order valence-corrected chi connectivity index (χ4v) is 1.67. The molecule has 0 fully saturated rings. The van der Waals surface area contributed by atoms with E-state index in [-0.39, 0.29) is 18.2 Å². The molecule has 0 unspecified atom stereocenters. The van der Waals surface area contributed by atoms with Crippen LogP contribution in [0, 0.1) is 0 Å². The maximum Gasteiger partial charge on any atom is 0.225 e. The number of nitrogens with one attached hydrogen (secondary N) is 1. The van der Waals surface area contributed by atoms with Gasteiger partial charge in [0.25, 0.3) is 0 Å². The monoisotopic (exact) mass is 285 g/mol.